The average molecular weight is 466 g/mol. The van der Waals surface area contributed by atoms with Gasteiger partial charge < -0.3 is 28.4 Å². The summed E-state index contributed by atoms with van der Waals surface area (Å²) in [5, 5.41) is 0. The lowest BCUT2D eigenvalue weighted by Crippen LogP contribution is -2.36. The Morgan fingerprint density at radius 2 is 1.12 bits per heavy atom. The Kier molecular flexibility index (Phi) is 7.61. The lowest BCUT2D eigenvalue weighted by molar-refractivity contribution is -0.0287. The van der Waals surface area contributed by atoms with E-state index < -0.39 is 36.4 Å². The number of carbonyl (C=O) groups is 2. The summed E-state index contributed by atoms with van der Waals surface area (Å²) in [4.78, 5) is 25.1. The van der Waals surface area contributed by atoms with Crippen LogP contribution in [0, 0.1) is 0 Å². The van der Waals surface area contributed by atoms with E-state index in [0.29, 0.717) is 35.8 Å². The number of rotatable bonds is 10. The van der Waals surface area contributed by atoms with Crippen molar-refractivity contribution in [3.8, 4) is 11.5 Å². The summed E-state index contributed by atoms with van der Waals surface area (Å²) in [6.07, 6.45) is 1.07. The van der Waals surface area contributed by atoms with Crippen molar-refractivity contribution in [1.29, 1.82) is 0 Å². The fourth-order valence-corrected chi connectivity index (χ4v) is 3.73. The lowest BCUT2D eigenvalue weighted by Gasteiger charge is -2.17. The Morgan fingerprint density at radius 3 is 1.47 bits per heavy atom. The van der Waals surface area contributed by atoms with Crippen molar-refractivity contribution in [2.24, 2.45) is 0 Å². The second kappa shape index (κ2) is 11.0. The van der Waals surface area contributed by atoms with E-state index in [1.807, 2.05) is 0 Å². The molecule has 2 aliphatic rings. The highest BCUT2D eigenvalue weighted by Crippen LogP contribution is 2.31. The van der Waals surface area contributed by atoms with Gasteiger partial charge in [0.2, 0.25) is 0 Å². The molecule has 0 N–H and O–H groups in total. The monoisotopic (exact) mass is 466 g/mol. The van der Waals surface area contributed by atoms with Crippen LogP contribution in [0.3, 0.4) is 0 Å². The van der Waals surface area contributed by atoms with Crippen LogP contribution in [-0.2, 0) is 18.9 Å². The first-order valence-corrected chi connectivity index (χ1v) is 10.9. The van der Waals surface area contributed by atoms with Gasteiger partial charge in [0.15, 0.2) is 12.2 Å². The molecule has 8 nitrogen and oxygen atoms in total. The molecule has 0 aromatic heterocycles. The van der Waals surface area contributed by atoms with Crippen molar-refractivity contribution in [3.05, 3.63) is 85.0 Å². The molecule has 0 aliphatic carbocycles. The summed E-state index contributed by atoms with van der Waals surface area (Å²) >= 11 is 0. The maximum Gasteiger partial charge on any atom is 0.338 e. The molecule has 0 bridgehead atoms. The van der Waals surface area contributed by atoms with Crippen LogP contribution in [0.4, 0.5) is 0 Å². The number of hydrogen-bond donors (Lipinski definition) is 0. The largest absolute Gasteiger partial charge is 0.490 e. The van der Waals surface area contributed by atoms with E-state index in [-0.39, 0.29) is 13.2 Å². The Balaban J connectivity index is 1.30. The zero-order valence-corrected chi connectivity index (χ0v) is 18.6. The van der Waals surface area contributed by atoms with Crippen LogP contribution in [0.5, 0.6) is 11.5 Å². The Morgan fingerprint density at radius 1 is 0.735 bits per heavy atom. The maximum atomic E-state index is 12.6. The Hall–Kier alpha value is -3.62. The SMILES string of the molecule is C=CCOc1ccc(C(=O)OC2COC3C(OC(=O)c4ccc(OCC=C)cc4)COC23)cc1. The van der Waals surface area contributed by atoms with Crippen molar-refractivity contribution in [2.45, 2.75) is 24.4 Å². The van der Waals surface area contributed by atoms with Crippen LogP contribution >= 0.6 is 0 Å². The number of carbonyl (C=O) groups excluding carboxylic acids is 2. The molecule has 4 atom stereocenters. The second-order valence-corrected chi connectivity index (χ2v) is 7.73. The molecule has 2 fully saturated rings. The van der Waals surface area contributed by atoms with Gasteiger partial charge in [-0.05, 0) is 48.5 Å². The van der Waals surface area contributed by atoms with E-state index >= 15 is 0 Å². The van der Waals surface area contributed by atoms with Crippen LogP contribution < -0.4 is 9.47 Å². The van der Waals surface area contributed by atoms with Gasteiger partial charge in [0.25, 0.3) is 0 Å². The zero-order chi connectivity index (χ0) is 23.9. The topological polar surface area (TPSA) is 89.5 Å². The first-order valence-electron chi connectivity index (χ1n) is 10.9. The van der Waals surface area contributed by atoms with E-state index in [2.05, 4.69) is 13.2 Å². The molecule has 8 heteroatoms. The van der Waals surface area contributed by atoms with Crippen molar-refractivity contribution < 1.29 is 38.0 Å². The molecule has 2 heterocycles. The summed E-state index contributed by atoms with van der Waals surface area (Å²) in [6, 6.07) is 13.3. The van der Waals surface area contributed by atoms with Crippen LogP contribution in [-0.4, -0.2) is 62.8 Å². The minimum absolute atomic E-state index is 0.158. The Bertz CT molecular complexity index is 931. The highest BCUT2D eigenvalue weighted by Gasteiger charge is 2.51. The molecule has 34 heavy (non-hydrogen) atoms. The number of esters is 2. The predicted octanol–water partition coefficient (Wildman–Crippen LogP) is 3.36. The molecule has 4 unspecified atom stereocenters. The molecule has 178 valence electrons. The minimum Gasteiger partial charge on any atom is -0.490 e. The molecule has 0 spiro atoms. The number of ether oxygens (including phenoxy) is 6. The molecule has 2 aromatic rings. The standard InChI is InChI=1S/C26H26O8/c1-3-13-29-19-9-5-17(6-10-19)25(27)33-21-15-31-24-22(16-32-23(21)24)34-26(28)18-7-11-20(12-8-18)30-14-4-2/h3-12,21-24H,1-2,13-16H2. The van der Waals surface area contributed by atoms with Crippen molar-refractivity contribution in [1.82, 2.24) is 0 Å². The van der Waals surface area contributed by atoms with Crippen LogP contribution in [0.15, 0.2) is 73.8 Å². The molecular weight excluding hydrogens is 440 g/mol. The molecular formula is C26H26O8. The molecule has 4 rings (SSSR count). The fourth-order valence-electron chi connectivity index (χ4n) is 3.73. The summed E-state index contributed by atoms with van der Waals surface area (Å²) in [5.74, 6) is 0.270. The van der Waals surface area contributed by atoms with Gasteiger partial charge in [0.05, 0.1) is 24.3 Å². The van der Waals surface area contributed by atoms with Gasteiger partial charge in [-0.2, -0.15) is 0 Å². The molecule has 2 saturated heterocycles. The predicted molar refractivity (Wildman–Crippen MR) is 122 cm³/mol. The van der Waals surface area contributed by atoms with Gasteiger partial charge >= 0.3 is 11.9 Å². The summed E-state index contributed by atoms with van der Waals surface area (Å²) in [6.45, 7) is 8.27. The van der Waals surface area contributed by atoms with Gasteiger partial charge in [0, 0.05) is 0 Å². The number of benzene rings is 2. The van der Waals surface area contributed by atoms with E-state index in [1.165, 1.54) is 0 Å². The summed E-state index contributed by atoms with van der Waals surface area (Å²) in [5.41, 5.74) is 0.770. The third-order valence-electron chi connectivity index (χ3n) is 5.40. The van der Waals surface area contributed by atoms with Gasteiger partial charge in [0.1, 0.15) is 36.9 Å². The molecule has 2 aromatic carbocycles. The first kappa shape index (κ1) is 23.5. The third kappa shape index (κ3) is 5.47. The Labute approximate surface area is 197 Å². The van der Waals surface area contributed by atoms with E-state index in [9.17, 15) is 9.59 Å². The molecule has 0 radical (unpaired) electrons. The minimum atomic E-state index is -0.598. The average Bonchev–Trinajstić information content (AvgIpc) is 3.45. The summed E-state index contributed by atoms with van der Waals surface area (Å²) in [7, 11) is 0. The molecule has 2 aliphatic heterocycles. The highest BCUT2D eigenvalue weighted by molar-refractivity contribution is 5.90. The van der Waals surface area contributed by atoms with Gasteiger partial charge in [-0.3, -0.25) is 0 Å². The second-order valence-electron chi connectivity index (χ2n) is 7.73. The zero-order valence-electron chi connectivity index (χ0n) is 18.6. The van der Waals surface area contributed by atoms with Crippen LogP contribution in [0.1, 0.15) is 20.7 Å². The van der Waals surface area contributed by atoms with Crippen molar-refractivity contribution in [3.63, 3.8) is 0 Å². The van der Waals surface area contributed by atoms with Crippen LogP contribution in [0.25, 0.3) is 0 Å². The van der Waals surface area contributed by atoms with E-state index in [0.717, 1.165) is 0 Å². The van der Waals surface area contributed by atoms with E-state index in [1.54, 1.807) is 60.7 Å². The van der Waals surface area contributed by atoms with Crippen LogP contribution in [0.2, 0.25) is 0 Å². The first-order chi connectivity index (χ1) is 16.6. The van der Waals surface area contributed by atoms with Crippen molar-refractivity contribution in [2.75, 3.05) is 26.4 Å². The van der Waals surface area contributed by atoms with Gasteiger partial charge in [-0.1, -0.05) is 25.3 Å². The number of hydrogen-bond acceptors (Lipinski definition) is 8. The van der Waals surface area contributed by atoms with Gasteiger partial charge in [-0.15, -0.1) is 0 Å². The smallest absolute Gasteiger partial charge is 0.338 e. The van der Waals surface area contributed by atoms with Crippen molar-refractivity contribution >= 4 is 11.9 Å². The lowest BCUT2D eigenvalue weighted by atomic mass is 10.1. The number of fused-ring (bicyclic) bond motifs is 1. The third-order valence-corrected chi connectivity index (χ3v) is 5.40. The maximum absolute atomic E-state index is 12.6. The summed E-state index contributed by atoms with van der Waals surface area (Å²) < 4.78 is 33.6. The normalized spacial score (nSPS) is 22.9. The molecule has 0 saturated carbocycles. The van der Waals surface area contributed by atoms with E-state index in [4.69, 9.17) is 28.4 Å². The quantitative estimate of drug-likeness (QED) is 0.389. The van der Waals surface area contributed by atoms with Gasteiger partial charge in [-0.25, -0.2) is 9.59 Å². The fraction of sp³-hybridized carbons (Fsp3) is 0.308. The highest BCUT2D eigenvalue weighted by atomic mass is 16.7. The molecule has 0 amide bonds.